The maximum Gasteiger partial charge on any atom is 0.257 e. The van der Waals surface area contributed by atoms with E-state index < -0.39 is 0 Å². The van der Waals surface area contributed by atoms with Crippen molar-refractivity contribution in [3.05, 3.63) is 53.0 Å². The zero-order valence-corrected chi connectivity index (χ0v) is 11.5. The van der Waals surface area contributed by atoms with E-state index >= 15 is 0 Å². The second-order valence-corrected chi connectivity index (χ2v) is 4.85. The van der Waals surface area contributed by atoms with Crippen LogP contribution in [0.3, 0.4) is 0 Å². The molecule has 3 rings (SSSR count). The van der Waals surface area contributed by atoms with E-state index in [9.17, 15) is 4.79 Å². The number of hydrogen-bond donors (Lipinski definition) is 1. The summed E-state index contributed by atoms with van der Waals surface area (Å²) in [5.41, 5.74) is 0.619. The third kappa shape index (κ3) is 2.43. The molecule has 0 radical (unpaired) electrons. The number of carbonyl (C=O) groups is 1. The lowest BCUT2D eigenvalue weighted by Gasteiger charge is -2.06. The number of nitrogens with one attached hydrogen (secondary N) is 1. The maximum absolute atomic E-state index is 12.0. The van der Waals surface area contributed by atoms with Gasteiger partial charge in [0.25, 0.3) is 5.91 Å². The van der Waals surface area contributed by atoms with Gasteiger partial charge in [0.05, 0.1) is 5.56 Å². The average Bonchev–Trinajstić information content (AvgIpc) is 3.10. The number of imidazole rings is 1. The van der Waals surface area contributed by atoms with E-state index in [4.69, 9.17) is 0 Å². The van der Waals surface area contributed by atoms with Crippen LogP contribution in [-0.4, -0.2) is 25.4 Å². The smallest absolute Gasteiger partial charge is 0.257 e. The van der Waals surface area contributed by atoms with Crippen molar-refractivity contribution >= 4 is 23.1 Å². The lowest BCUT2D eigenvalue weighted by Crippen LogP contribution is -2.12. The molecule has 1 N–H and O–H groups in total. The largest absolute Gasteiger partial charge is 0.306 e. The van der Waals surface area contributed by atoms with E-state index in [1.165, 1.54) is 17.7 Å². The van der Waals surface area contributed by atoms with Crippen LogP contribution in [0.2, 0.25) is 0 Å². The number of aromatic nitrogens is 4. The monoisotopic (exact) mass is 285 g/mol. The molecular formula is C13H11N5OS. The summed E-state index contributed by atoms with van der Waals surface area (Å²) in [6.45, 7) is 1.88. The van der Waals surface area contributed by atoms with Gasteiger partial charge in [-0.3, -0.25) is 9.36 Å². The Kier molecular flexibility index (Phi) is 3.26. The Labute approximate surface area is 119 Å². The summed E-state index contributed by atoms with van der Waals surface area (Å²) in [5.74, 6) is 1.76. The number of thiophene rings is 1. The standard InChI is InChI=1S/C13H11N5OS/c1-9-14-3-4-18(9)12-6-11(15-8-16-12)17-13(19)10-2-5-20-7-10/h2-8H,1H3,(H,15,16,17,19). The summed E-state index contributed by atoms with van der Waals surface area (Å²) < 4.78 is 1.82. The van der Waals surface area contributed by atoms with Gasteiger partial charge in [-0.15, -0.1) is 0 Å². The normalized spacial score (nSPS) is 10.4. The molecule has 7 heteroatoms. The van der Waals surface area contributed by atoms with Gasteiger partial charge in [-0.25, -0.2) is 15.0 Å². The second-order valence-electron chi connectivity index (χ2n) is 4.07. The Morgan fingerprint density at radius 3 is 2.95 bits per heavy atom. The summed E-state index contributed by atoms with van der Waals surface area (Å²) in [5, 5.41) is 6.39. The molecule has 0 bridgehead atoms. The summed E-state index contributed by atoms with van der Waals surface area (Å²) in [6.07, 6.45) is 4.92. The molecule has 0 saturated carbocycles. The zero-order chi connectivity index (χ0) is 13.9. The van der Waals surface area contributed by atoms with E-state index in [1.54, 1.807) is 23.7 Å². The molecule has 0 saturated heterocycles. The van der Waals surface area contributed by atoms with Crippen LogP contribution < -0.4 is 5.32 Å². The van der Waals surface area contributed by atoms with E-state index in [2.05, 4.69) is 20.3 Å². The fourth-order valence-electron chi connectivity index (χ4n) is 1.75. The van der Waals surface area contributed by atoms with Crippen molar-refractivity contribution in [2.75, 3.05) is 5.32 Å². The molecular weight excluding hydrogens is 274 g/mol. The van der Waals surface area contributed by atoms with Crippen LogP contribution >= 0.6 is 11.3 Å². The van der Waals surface area contributed by atoms with Gasteiger partial charge in [-0.2, -0.15) is 11.3 Å². The van der Waals surface area contributed by atoms with Crippen molar-refractivity contribution < 1.29 is 4.79 Å². The minimum atomic E-state index is -0.182. The number of anilines is 1. The summed E-state index contributed by atoms with van der Waals surface area (Å²) in [7, 11) is 0. The molecule has 6 nitrogen and oxygen atoms in total. The van der Waals surface area contributed by atoms with Crippen molar-refractivity contribution in [1.82, 2.24) is 19.5 Å². The Morgan fingerprint density at radius 1 is 1.35 bits per heavy atom. The predicted molar refractivity (Wildman–Crippen MR) is 76.2 cm³/mol. The van der Waals surface area contributed by atoms with Crippen molar-refractivity contribution in [2.45, 2.75) is 6.92 Å². The van der Waals surface area contributed by atoms with Crippen LogP contribution in [0.1, 0.15) is 16.2 Å². The topological polar surface area (TPSA) is 72.7 Å². The van der Waals surface area contributed by atoms with Gasteiger partial charge in [-0.1, -0.05) is 0 Å². The van der Waals surface area contributed by atoms with Crippen molar-refractivity contribution in [1.29, 1.82) is 0 Å². The Hall–Kier alpha value is -2.54. The first kappa shape index (κ1) is 12.5. The predicted octanol–water partition coefficient (Wildman–Crippen LogP) is 2.28. The highest BCUT2D eigenvalue weighted by atomic mass is 32.1. The van der Waals surface area contributed by atoms with Crippen molar-refractivity contribution in [2.24, 2.45) is 0 Å². The highest BCUT2D eigenvalue weighted by Crippen LogP contribution is 2.13. The van der Waals surface area contributed by atoms with Gasteiger partial charge >= 0.3 is 0 Å². The number of aryl methyl sites for hydroxylation is 1. The molecule has 3 heterocycles. The molecule has 0 aliphatic carbocycles. The van der Waals surface area contributed by atoms with E-state index in [0.29, 0.717) is 17.2 Å². The van der Waals surface area contributed by atoms with Gasteiger partial charge in [0.1, 0.15) is 23.8 Å². The minimum absolute atomic E-state index is 0.182. The third-order valence-corrected chi connectivity index (χ3v) is 3.43. The van der Waals surface area contributed by atoms with Gasteiger partial charge in [0.2, 0.25) is 0 Å². The lowest BCUT2D eigenvalue weighted by atomic mass is 10.3. The van der Waals surface area contributed by atoms with E-state index in [0.717, 1.165) is 5.82 Å². The molecule has 0 aromatic carbocycles. The van der Waals surface area contributed by atoms with Gasteiger partial charge in [0.15, 0.2) is 0 Å². The van der Waals surface area contributed by atoms with Crippen molar-refractivity contribution in [3.8, 4) is 5.82 Å². The molecule has 0 unspecified atom stereocenters. The molecule has 0 aliphatic heterocycles. The number of rotatable bonds is 3. The van der Waals surface area contributed by atoms with Crippen LogP contribution in [0, 0.1) is 6.92 Å². The van der Waals surface area contributed by atoms with Crippen LogP contribution in [0.5, 0.6) is 0 Å². The Morgan fingerprint density at radius 2 is 2.25 bits per heavy atom. The number of nitrogens with zero attached hydrogens (tertiary/aromatic N) is 4. The molecule has 3 aromatic heterocycles. The van der Waals surface area contributed by atoms with Crippen molar-refractivity contribution in [3.63, 3.8) is 0 Å². The molecule has 20 heavy (non-hydrogen) atoms. The van der Waals surface area contributed by atoms with Crippen LogP contribution in [0.25, 0.3) is 5.82 Å². The number of amides is 1. The minimum Gasteiger partial charge on any atom is -0.306 e. The molecule has 100 valence electrons. The highest BCUT2D eigenvalue weighted by Gasteiger charge is 2.09. The average molecular weight is 285 g/mol. The zero-order valence-electron chi connectivity index (χ0n) is 10.6. The van der Waals surface area contributed by atoms with E-state index in [-0.39, 0.29) is 5.91 Å². The highest BCUT2D eigenvalue weighted by molar-refractivity contribution is 7.08. The van der Waals surface area contributed by atoms with Crippen LogP contribution in [0.4, 0.5) is 5.82 Å². The van der Waals surface area contributed by atoms with Gasteiger partial charge in [0, 0.05) is 23.8 Å². The molecule has 0 fully saturated rings. The van der Waals surface area contributed by atoms with Crippen LogP contribution in [-0.2, 0) is 0 Å². The van der Waals surface area contributed by atoms with E-state index in [1.807, 2.05) is 23.1 Å². The first-order valence-electron chi connectivity index (χ1n) is 5.90. The molecule has 3 aromatic rings. The number of hydrogen-bond acceptors (Lipinski definition) is 5. The lowest BCUT2D eigenvalue weighted by molar-refractivity contribution is 0.102. The quantitative estimate of drug-likeness (QED) is 0.801. The van der Waals surface area contributed by atoms with Gasteiger partial charge < -0.3 is 5.32 Å². The second kappa shape index (κ2) is 5.22. The molecule has 0 aliphatic rings. The maximum atomic E-state index is 12.0. The third-order valence-electron chi connectivity index (χ3n) is 2.75. The number of carbonyl (C=O) groups excluding carboxylic acids is 1. The Bertz CT molecular complexity index is 735. The summed E-state index contributed by atoms with van der Waals surface area (Å²) in [4.78, 5) is 24.3. The van der Waals surface area contributed by atoms with Crippen LogP contribution in [0.15, 0.2) is 41.6 Å². The summed E-state index contributed by atoms with van der Waals surface area (Å²) >= 11 is 1.48. The molecule has 0 spiro atoms. The summed E-state index contributed by atoms with van der Waals surface area (Å²) in [6, 6.07) is 3.47. The first-order chi connectivity index (χ1) is 9.74. The van der Waals surface area contributed by atoms with Gasteiger partial charge in [-0.05, 0) is 18.4 Å². The SMILES string of the molecule is Cc1nccn1-c1cc(NC(=O)c2ccsc2)ncn1. The fraction of sp³-hybridized carbons (Fsp3) is 0.0769. The molecule has 1 amide bonds. The fourth-order valence-corrected chi connectivity index (χ4v) is 2.39. The first-order valence-corrected chi connectivity index (χ1v) is 6.84. The molecule has 0 atom stereocenters. The Balaban J connectivity index is 1.85.